The normalized spacial score (nSPS) is 16.1. The van der Waals surface area contributed by atoms with Gasteiger partial charge in [0.15, 0.2) is 17.3 Å². The quantitative estimate of drug-likeness (QED) is 0.426. The molecule has 1 aliphatic heterocycles. The SMILES string of the molecule is CCOc1ccc(C2C(C(=O)c3sc(C)nc3C)=C(O)C(=O)N2CCCOC)cc1OC. The van der Waals surface area contributed by atoms with Crippen molar-refractivity contribution in [1.82, 2.24) is 9.88 Å². The number of hydrogen-bond donors (Lipinski definition) is 1. The maximum absolute atomic E-state index is 13.5. The summed E-state index contributed by atoms with van der Waals surface area (Å²) in [6, 6.07) is 4.50. The van der Waals surface area contributed by atoms with Crippen molar-refractivity contribution in [2.24, 2.45) is 0 Å². The monoisotopic (exact) mass is 460 g/mol. The Morgan fingerprint density at radius 3 is 2.59 bits per heavy atom. The predicted molar refractivity (Wildman–Crippen MR) is 121 cm³/mol. The number of benzene rings is 1. The van der Waals surface area contributed by atoms with E-state index >= 15 is 0 Å². The van der Waals surface area contributed by atoms with Crippen LogP contribution in [0.25, 0.3) is 0 Å². The topological polar surface area (TPSA) is 98.2 Å². The molecule has 0 saturated carbocycles. The minimum Gasteiger partial charge on any atom is -0.503 e. The highest BCUT2D eigenvalue weighted by Crippen LogP contribution is 2.42. The molecule has 0 saturated heterocycles. The zero-order chi connectivity index (χ0) is 23.4. The molecule has 1 aromatic heterocycles. The van der Waals surface area contributed by atoms with Crippen molar-refractivity contribution >= 4 is 23.0 Å². The van der Waals surface area contributed by atoms with Gasteiger partial charge in [-0.25, -0.2) is 4.98 Å². The molecule has 8 nitrogen and oxygen atoms in total. The van der Waals surface area contributed by atoms with Crippen molar-refractivity contribution in [1.29, 1.82) is 0 Å². The summed E-state index contributed by atoms with van der Waals surface area (Å²) in [6.07, 6.45) is 0.556. The fourth-order valence-electron chi connectivity index (χ4n) is 3.84. The number of Topliss-reactive ketones (excluding diaryl/α,β-unsaturated/α-hetero) is 1. The number of aliphatic hydroxyl groups excluding tert-OH is 1. The van der Waals surface area contributed by atoms with Crippen molar-refractivity contribution < 1.29 is 28.9 Å². The number of nitrogens with zero attached hydrogens (tertiary/aromatic N) is 2. The molecular weight excluding hydrogens is 432 g/mol. The summed E-state index contributed by atoms with van der Waals surface area (Å²) in [5.74, 6) is -0.469. The number of aryl methyl sites for hydroxylation is 2. The number of ether oxygens (including phenoxy) is 3. The van der Waals surface area contributed by atoms with Crippen LogP contribution in [-0.2, 0) is 9.53 Å². The molecule has 0 radical (unpaired) electrons. The van der Waals surface area contributed by atoms with Gasteiger partial charge in [0.2, 0.25) is 5.78 Å². The van der Waals surface area contributed by atoms with Gasteiger partial charge in [0.25, 0.3) is 5.91 Å². The van der Waals surface area contributed by atoms with Crippen LogP contribution in [-0.4, -0.2) is 60.7 Å². The van der Waals surface area contributed by atoms with Crippen LogP contribution in [0.1, 0.15) is 45.3 Å². The average molecular weight is 461 g/mol. The maximum atomic E-state index is 13.5. The van der Waals surface area contributed by atoms with Crippen molar-refractivity contribution in [3.8, 4) is 11.5 Å². The molecule has 172 valence electrons. The van der Waals surface area contributed by atoms with E-state index in [0.29, 0.717) is 53.8 Å². The fourth-order valence-corrected chi connectivity index (χ4v) is 4.71. The van der Waals surface area contributed by atoms with Crippen LogP contribution in [0.15, 0.2) is 29.5 Å². The number of rotatable bonds is 10. The van der Waals surface area contributed by atoms with Gasteiger partial charge < -0.3 is 24.2 Å². The van der Waals surface area contributed by atoms with Crippen LogP contribution >= 0.6 is 11.3 Å². The Morgan fingerprint density at radius 2 is 2.00 bits per heavy atom. The zero-order valence-electron chi connectivity index (χ0n) is 18.9. The van der Waals surface area contributed by atoms with E-state index in [1.54, 1.807) is 32.2 Å². The standard InChI is InChI=1S/C23H28N2O6S/c1-6-31-16-9-8-15(12-17(16)30-5)19-18(20(26)22-13(2)24-14(3)32-22)21(27)23(28)25(19)10-7-11-29-4/h8-9,12,19,27H,6-7,10-11H2,1-5H3. The van der Waals surface area contributed by atoms with Gasteiger partial charge in [0, 0.05) is 20.3 Å². The maximum Gasteiger partial charge on any atom is 0.290 e. The molecule has 0 bridgehead atoms. The Hall–Kier alpha value is -2.91. The highest BCUT2D eigenvalue weighted by Gasteiger charge is 2.44. The number of amides is 1. The van der Waals surface area contributed by atoms with Crippen molar-refractivity contribution in [2.75, 3.05) is 34.0 Å². The molecule has 1 aromatic carbocycles. The lowest BCUT2D eigenvalue weighted by molar-refractivity contribution is -0.129. The molecule has 2 aromatic rings. The number of thiazole rings is 1. The lowest BCUT2D eigenvalue weighted by Gasteiger charge is -2.27. The van der Waals surface area contributed by atoms with E-state index in [-0.39, 0.29) is 5.57 Å². The van der Waals surface area contributed by atoms with Gasteiger partial charge in [-0.15, -0.1) is 11.3 Å². The Morgan fingerprint density at radius 1 is 1.25 bits per heavy atom. The third kappa shape index (κ3) is 4.49. The minimum absolute atomic E-state index is 0.0466. The Bertz CT molecular complexity index is 1050. The largest absolute Gasteiger partial charge is 0.503 e. The van der Waals surface area contributed by atoms with Gasteiger partial charge in [-0.1, -0.05) is 6.07 Å². The van der Waals surface area contributed by atoms with E-state index in [1.165, 1.54) is 23.3 Å². The summed E-state index contributed by atoms with van der Waals surface area (Å²) >= 11 is 1.25. The first-order chi connectivity index (χ1) is 15.3. The van der Waals surface area contributed by atoms with Gasteiger partial charge in [-0.05, 0) is 44.9 Å². The molecule has 1 N–H and O–H groups in total. The van der Waals surface area contributed by atoms with E-state index in [4.69, 9.17) is 14.2 Å². The number of aromatic nitrogens is 1. The summed E-state index contributed by atoms with van der Waals surface area (Å²) < 4.78 is 16.2. The Kier molecular flexibility index (Phi) is 7.52. The molecule has 0 spiro atoms. The van der Waals surface area contributed by atoms with Crippen LogP contribution in [0.2, 0.25) is 0 Å². The first-order valence-electron chi connectivity index (χ1n) is 10.4. The van der Waals surface area contributed by atoms with Gasteiger partial charge >= 0.3 is 0 Å². The fraction of sp³-hybridized carbons (Fsp3) is 0.435. The number of methoxy groups -OCH3 is 2. The molecule has 0 aliphatic carbocycles. The molecule has 3 rings (SSSR count). The van der Waals surface area contributed by atoms with Gasteiger partial charge in [0.1, 0.15) is 0 Å². The number of carbonyl (C=O) groups is 2. The summed E-state index contributed by atoms with van der Waals surface area (Å²) in [4.78, 5) is 32.8. The first kappa shape index (κ1) is 23.7. The zero-order valence-corrected chi connectivity index (χ0v) is 19.7. The molecule has 1 atom stereocenters. The summed E-state index contributed by atoms with van der Waals surface area (Å²) in [5, 5.41) is 11.5. The summed E-state index contributed by atoms with van der Waals surface area (Å²) in [5.41, 5.74) is 1.26. The average Bonchev–Trinajstić information content (AvgIpc) is 3.24. The molecule has 2 heterocycles. The highest BCUT2D eigenvalue weighted by molar-refractivity contribution is 7.14. The third-order valence-corrected chi connectivity index (χ3v) is 6.28. The van der Waals surface area contributed by atoms with Crippen LogP contribution in [0.4, 0.5) is 0 Å². The van der Waals surface area contributed by atoms with Crippen LogP contribution in [0.5, 0.6) is 11.5 Å². The van der Waals surface area contributed by atoms with Crippen LogP contribution in [0.3, 0.4) is 0 Å². The van der Waals surface area contributed by atoms with Gasteiger partial charge in [0.05, 0.1) is 40.9 Å². The number of hydrogen-bond acceptors (Lipinski definition) is 8. The summed E-state index contributed by atoms with van der Waals surface area (Å²) in [7, 11) is 3.11. The molecule has 1 aliphatic rings. The second-order valence-electron chi connectivity index (χ2n) is 7.33. The van der Waals surface area contributed by atoms with E-state index in [1.807, 2.05) is 13.8 Å². The number of aliphatic hydroxyl groups is 1. The number of ketones is 1. The van der Waals surface area contributed by atoms with E-state index in [9.17, 15) is 14.7 Å². The lowest BCUT2D eigenvalue weighted by atomic mass is 9.94. The second kappa shape index (κ2) is 10.1. The van der Waals surface area contributed by atoms with Gasteiger partial charge in [-0.3, -0.25) is 9.59 Å². The molecule has 9 heteroatoms. The van der Waals surface area contributed by atoms with E-state index in [0.717, 1.165) is 5.01 Å². The predicted octanol–water partition coefficient (Wildman–Crippen LogP) is 3.78. The number of carbonyl (C=O) groups excluding carboxylic acids is 2. The molecule has 32 heavy (non-hydrogen) atoms. The van der Waals surface area contributed by atoms with Crippen molar-refractivity contribution in [2.45, 2.75) is 33.2 Å². The van der Waals surface area contributed by atoms with Crippen LogP contribution in [0, 0.1) is 13.8 Å². The summed E-state index contributed by atoms with van der Waals surface area (Å²) in [6.45, 7) is 6.66. The molecular formula is C23H28N2O6S. The van der Waals surface area contributed by atoms with E-state index in [2.05, 4.69) is 4.98 Å². The lowest BCUT2D eigenvalue weighted by Crippen LogP contribution is -2.32. The minimum atomic E-state index is -0.766. The Labute approximate surface area is 191 Å². The smallest absolute Gasteiger partial charge is 0.290 e. The third-order valence-electron chi connectivity index (χ3n) is 5.21. The van der Waals surface area contributed by atoms with Crippen LogP contribution < -0.4 is 9.47 Å². The molecule has 1 unspecified atom stereocenters. The first-order valence-corrected chi connectivity index (χ1v) is 11.2. The van der Waals surface area contributed by atoms with E-state index < -0.39 is 23.5 Å². The second-order valence-corrected chi connectivity index (χ2v) is 8.53. The molecule has 0 fully saturated rings. The van der Waals surface area contributed by atoms with Crippen molar-refractivity contribution in [3.05, 3.63) is 50.7 Å². The van der Waals surface area contributed by atoms with Gasteiger partial charge in [-0.2, -0.15) is 0 Å². The Balaban J connectivity index is 2.10. The molecule has 1 amide bonds. The highest BCUT2D eigenvalue weighted by atomic mass is 32.1. The van der Waals surface area contributed by atoms with Crippen molar-refractivity contribution in [3.63, 3.8) is 0 Å².